The highest BCUT2D eigenvalue weighted by molar-refractivity contribution is 6.01. The van der Waals surface area contributed by atoms with E-state index in [0.29, 0.717) is 16.8 Å². The number of methoxy groups -OCH3 is 1. The molecule has 0 aliphatic heterocycles. The van der Waals surface area contributed by atoms with Crippen LogP contribution in [0.3, 0.4) is 0 Å². The lowest BCUT2D eigenvalue weighted by Crippen LogP contribution is -2.40. The lowest BCUT2D eigenvalue weighted by molar-refractivity contribution is 0.0629. The first-order valence-corrected chi connectivity index (χ1v) is 12.1. The van der Waals surface area contributed by atoms with Gasteiger partial charge in [0.2, 0.25) is 0 Å². The Morgan fingerprint density at radius 1 is 1.19 bits per heavy atom. The average molecular weight is 492 g/mol. The average Bonchev–Trinajstić information content (AvgIpc) is 3.41. The molecule has 1 unspecified atom stereocenters. The number of nitrogens with zero attached hydrogens (tertiary/aromatic N) is 2. The molecule has 2 heterocycles. The van der Waals surface area contributed by atoms with Gasteiger partial charge in [-0.1, -0.05) is 30.3 Å². The first-order valence-electron chi connectivity index (χ1n) is 12.1. The molecule has 1 aliphatic carbocycles. The fourth-order valence-corrected chi connectivity index (χ4v) is 4.98. The third-order valence-electron chi connectivity index (χ3n) is 6.98. The fraction of sp³-hybridized carbons (Fsp3) is 0.370. The van der Waals surface area contributed by atoms with Crippen LogP contribution in [-0.2, 0) is 17.9 Å². The Balaban J connectivity index is 1.23. The van der Waals surface area contributed by atoms with Gasteiger partial charge in [-0.05, 0) is 49.3 Å². The zero-order valence-corrected chi connectivity index (χ0v) is 20.1. The number of aliphatic hydroxyl groups excluding tert-OH is 1. The molecule has 2 N–H and O–H groups in total. The number of carbonyl (C=O) groups excluding carboxylic acids is 1. The van der Waals surface area contributed by atoms with Crippen LogP contribution >= 0.6 is 0 Å². The van der Waals surface area contributed by atoms with Gasteiger partial charge in [-0.2, -0.15) is 0 Å². The highest BCUT2D eigenvalue weighted by atomic mass is 16.5. The maximum atomic E-state index is 13.2. The number of benzene rings is 2. The van der Waals surface area contributed by atoms with Crippen molar-refractivity contribution in [1.82, 2.24) is 14.9 Å². The van der Waals surface area contributed by atoms with Gasteiger partial charge in [-0.15, -0.1) is 0 Å². The van der Waals surface area contributed by atoms with Gasteiger partial charge in [0.05, 0.1) is 25.3 Å². The molecule has 0 saturated heterocycles. The molecule has 9 heteroatoms. The van der Waals surface area contributed by atoms with Crippen LogP contribution in [0.5, 0.6) is 5.75 Å². The summed E-state index contributed by atoms with van der Waals surface area (Å²) in [6, 6.07) is 14.9. The quantitative estimate of drug-likeness (QED) is 0.401. The van der Waals surface area contributed by atoms with Crippen molar-refractivity contribution in [3.05, 3.63) is 70.8 Å². The number of hydrogen-bond donors (Lipinski definition) is 2. The minimum Gasteiger partial charge on any atom is -0.497 e. The summed E-state index contributed by atoms with van der Waals surface area (Å²) in [4.78, 5) is 29.5. The number of pyridine rings is 1. The first kappa shape index (κ1) is 23.9. The molecule has 1 amide bonds. The number of aliphatic hydroxyl groups is 1. The molecular formula is C27H29N3O6. The second-order valence-electron chi connectivity index (χ2n) is 9.21. The summed E-state index contributed by atoms with van der Waals surface area (Å²) in [6.45, 7) is 0.358. The van der Waals surface area contributed by atoms with Crippen LogP contribution in [0.15, 0.2) is 64.1 Å². The number of alkyl carbamates (subject to hydrolysis) is 1. The van der Waals surface area contributed by atoms with Crippen LogP contribution in [0, 0.1) is 5.92 Å². The second kappa shape index (κ2) is 10.4. The molecule has 1 fully saturated rings. The lowest BCUT2D eigenvalue weighted by atomic mass is 9.82. The van der Waals surface area contributed by atoms with Crippen LogP contribution < -0.4 is 15.6 Å². The SMILES string of the molecule is COc1ccc2c3ocnc3c(=O)n(CC(O)C3CCC(NC(=O)OCc4ccccc4)CC3)c2c1. The number of nitrogens with one attached hydrogen (secondary N) is 1. The third kappa shape index (κ3) is 4.92. The topological polar surface area (TPSA) is 116 Å². The van der Waals surface area contributed by atoms with Crippen molar-refractivity contribution in [1.29, 1.82) is 0 Å². The van der Waals surface area contributed by atoms with Crippen LogP contribution in [-0.4, -0.2) is 40.0 Å². The van der Waals surface area contributed by atoms with Crippen LogP contribution in [0.4, 0.5) is 4.79 Å². The lowest BCUT2D eigenvalue weighted by Gasteiger charge is -2.32. The summed E-state index contributed by atoms with van der Waals surface area (Å²) in [5.74, 6) is 0.610. The Morgan fingerprint density at radius 2 is 1.97 bits per heavy atom. The molecule has 4 aromatic rings. The van der Waals surface area contributed by atoms with Gasteiger partial charge in [-0.3, -0.25) is 4.79 Å². The molecule has 5 rings (SSSR count). The van der Waals surface area contributed by atoms with E-state index >= 15 is 0 Å². The monoisotopic (exact) mass is 491 g/mol. The Labute approximate surface area is 207 Å². The van der Waals surface area contributed by atoms with Crippen molar-refractivity contribution in [3.63, 3.8) is 0 Å². The van der Waals surface area contributed by atoms with E-state index in [1.807, 2.05) is 36.4 Å². The van der Waals surface area contributed by atoms with Crippen molar-refractivity contribution in [2.45, 2.75) is 51.0 Å². The van der Waals surface area contributed by atoms with Crippen molar-refractivity contribution >= 4 is 28.1 Å². The summed E-state index contributed by atoms with van der Waals surface area (Å²) in [5, 5.41) is 14.8. The zero-order valence-electron chi connectivity index (χ0n) is 20.1. The maximum Gasteiger partial charge on any atom is 0.407 e. The van der Waals surface area contributed by atoms with Crippen LogP contribution in [0.1, 0.15) is 31.2 Å². The van der Waals surface area contributed by atoms with E-state index < -0.39 is 12.2 Å². The molecule has 1 saturated carbocycles. The molecule has 188 valence electrons. The van der Waals surface area contributed by atoms with E-state index in [9.17, 15) is 14.7 Å². The smallest absolute Gasteiger partial charge is 0.407 e. The Bertz CT molecular complexity index is 1410. The maximum absolute atomic E-state index is 13.2. The number of fused-ring (bicyclic) bond motifs is 3. The number of amides is 1. The summed E-state index contributed by atoms with van der Waals surface area (Å²) in [5.41, 5.74) is 1.91. The van der Waals surface area contributed by atoms with E-state index in [0.717, 1.165) is 36.6 Å². The molecule has 1 aliphatic rings. The molecule has 0 bridgehead atoms. The van der Waals surface area contributed by atoms with Gasteiger partial charge >= 0.3 is 6.09 Å². The van der Waals surface area contributed by atoms with E-state index in [4.69, 9.17) is 13.9 Å². The number of oxazole rings is 1. The van der Waals surface area contributed by atoms with E-state index in [1.54, 1.807) is 23.8 Å². The third-order valence-corrected chi connectivity index (χ3v) is 6.98. The first-order chi connectivity index (χ1) is 17.5. The van der Waals surface area contributed by atoms with Gasteiger partial charge in [0.15, 0.2) is 17.5 Å². The molecule has 1 atom stereocenters. The van der Waals surface area contributed by atoms with Gasteiger partial charge in [-0.25, -0.2) is 9.78 Å². The fourth-order valence-electron chi connectivity index (χ4n) is 4.98. The van der Waals surface area contributed by atoms with Gasteiger partial charge in [0.25, 0.3) is 5.56 Å². The minimum atomic E-state index is -0.729. The van der Waals surface area contributed by atoms with Gasteiger partial charge < -0.3 is 28.9 Å². The molecule has 36 heavy (non-hydrogen) atoms. The molecule has 2 aromatic heterocycles. The normalized spacial score (nSPS) is 18.7. The van der Waals surface area contributed by atoms with Crippen LogP contribution in [0.2, 0.25) is 0 Å². The van der Waals surface area contributed by atoms with E-state index in [-0.39, 0.29) is 36.2 Å². The summed E-state index contributed by atoms with van der Waals surface area (Å²) < 4.78 is 17.7. The van der Waals surface area contributed by atoms with Crippen molar-refractivity contribution < 1.29 is 23.8 Å². The van der Waals surface area contributed by atoms with Crippen molar-refractivity contribution in [2.75, 3.05) is 7.11 Å². The predicted octanol–water partition coefficient (Wildman–Crippen LogP) is 4.00. The number of carbonyl (C=O) groups is 1. The van der Waals surface area contributed by atoms with E-state index in [2.05, 4.69) is 10.3 Å². The highest BCUT2D eigenvalue weighted by Crippen LogP contribution is 2.30. The van der Waals surface area contributed by atoms with Gasteiger partial charge in [0, 0.05) is 17.5 Å². The Kier molecular flexibility index (Phi) is 6.90. The Hall–Kier alpha value is -3.85. The second-order valence-corrected chi connectivity index (χ2v) is 9.21. The molecule has 0 radical (unpaired) electrons. The van der Waals surface area contributed by atoms with Gasteiger partial charge in [0.1, 0.15) is 12.4 Å². The zero-order chi connectivity index (χ0) is 25.1. The summed E-state index contributed by atoms with van der Waals surface area (Å²) in [7, 11) is 1.56. The molecule has 0 spiro atoms. The molecule has 2 aromatic carbocycles. The van der Waals surface area contributed by atoms with E-state index in [1.165, 1.54) is 6.39 Å². The standard InChI is InChI=1S/C27H29N3O6/c1-34-20-11-12-21-22(13-20)30(26(32)24-25(21)36-16-28-24)14-23(31)18-7-9-19(10-8-18)29-27(33)35-15-17-5-3-2-4-6-17/h2-6,11-13,16,18-19,23,31H,7-10,14-15H2,1H3,(H,29,33). The largest absolute Gasteiger partial charge is 0.497 e. The molecule has 9 nitrogen and oxygen atoms in total. The minimum absolute atomic E-state index is 0.00366. The van der Waals surface area contributed by atoms with Crippen molar-refractivity contribution in [2.24, 2.45) is 5.92 Å². The van der Waals surface area contributed by atoms with Crippen LogP contribution in [0.25, 0.3) is 22.0 Å². The van der Waals surface area contributed by atoms with Crippen molar-refractivity contribution in [3.8, 4) is 5.75 Å². The molecular weight excluding hydrogens is 462 g/mol. The summed E-state index contributed by atoms with van der Waals surface area (Å²) >= 11 is 0. The predicted molar refractivity (Wildman–Crippen MR) is 134 cm³/mol. The summed E-state index contributed by atoms with van der Waals surface area (Å²) in [6.07, 6.45) is 3.01. The highest BCUT2D eigenvalue weighted by Gasteiger charge is 2.29. The number of hydrogen-bond acceptors (Lipinski definition) is 7. The number of aromatic nitrogens is 2. The number of ether oxygens (including phenoxy) is 2. The number of rotatable bonds is 7. The Morgan fingerprint density at radius 3 is 2.72 bits per heavy atom.